The molecule has 4 nitrogen and oxygen atoms in total. The molecule has 148 valence electrons. The molecule has 0 atom stereocenters. The number of thioether (sulfide) groups is 1. The number of anilines is 1. The number of hydrogen-bond acceptors (Lipinski definition) is 5. The highest BCUT2D eigenvalue weighted by Crippen LogP contribution is 2.35. The van der Waals surface area contributed by atoms with Crippen LogP contribution in [0.4, 0.5) is 18.3 Å². The SMILES string of the molecule is CCCCCCCC(=O)Nc1nnc(SCc2ccccc2C(F)(F)F)s1. The summed E-state index contributed by atoms with van der Waals surface area (Å²) in [5, 5.41) is 10.9. The summed E-state index contributed by atoms with van der Waals surface area (Å²) >= 11 is 2.34. The van der Waals surface area contributed by atoms with Crippen molar-refractivity contribution >= 4 is 34.1 Å². The first kappa shape index (κ1) is 21.7. The number of carbonyl (C=O) groups is 1. The van der Waals surface area contributed by atoms with Crippen LogP contribution < -0.4 is 5.32 Å². The molecule has 0 saturated carbocycles. The van der Waals surface area contributed by atoms with Gasteiger partial charge in [-0.15, -0.1) is 10.2 Å². The van der Waals surface area contributed by atoms with Gasteiger partial charge in [-0.1, -0.05) is 73.9 Å². The first-order valence-corrected chi connectivity index (χ1v) is 10.6. The van der Waals surface area contributed by atoms with Gasteiger partial charge in [0, 0.05) is 12.2 Å². The Hall–Kier alpha value is -1.61. The molecule has 1 aromatic carbocycles. The van der Waals surface area contributed by atoms with Crippen molar-refractivity contribution in [3.63, 3.8) is 0 Å². The highest BCUT2D eigenvalue weighted by Gasteiger charge is 2.32. The summed E-state index contributed by atoms with van der Waals surface area (Å²) in [5.41, 5.74) is -0.443. The molecule has 0 radical (unpaired) electrons. The number of amides is 1. The number of nitrogens with one attached hydrogen (secondary N) is 1. The lowest BCUT2D eigenvalue weighted by atomic mass is 10.1. The Balaban J connectivity index is 1.82. The molecule has 1 amide bonds. The van der Waals surface area contributed by atoms with Crippen molar-refractivity contribution in [3.8, 4) is 0 Å². The highest BCUT2D eigenvalue weighted by molar-refractivity contribution is 8.00. The van der Waals surface area contributed by atoms with E-state index in [0.29, 0.717) is 15.9 Å². The number of carbonyl (C=O) groups excluding carboxylic acids is 1. The number of aromatic nitrogens is 2. The number of benzene rings is 1. The van der Waals surface area contributed by atoms with Gasteiger partial charge in [0.2, 0.25) is 11.0 Å². The Bertz CT molecular complexity index is 735. The number of unbranched alkanes of at least 4 members (excludes halogenated alkanes) is 4. The smallest absolute Gasteiger partial charge is 0.301 e. The van der Waals surface area contributed by atoms with Crippen LogP contribution in [0.15, 0.2) is 28.6 Å². The zero-order valence-electron chi connectivity index (χ0n) is 15.0. The van der Waals surface area contributed by atoms with Crippen LogP contribution in [-0.4, -0.2) is 16.1 Å². The van der Waals surface area contributed by atoms with Gasteiger partial charge in [0.1, 0.15) is 0 Å². The maximum Gasteiger partial charge on any atom is 0.416 e. The number of alkyl halides is 3. The summed E-state index contributed by atoms with van der Waals surface area (Å²) in [6, 6.07) is 5.48. The summed E-state index contributed by atoms with van der Waals surface area (Å²) in [6.45, 7) is 2.14. The molecule has 0 fully saturated rings. The largest absolute Gasteiger partial charge is 0.416 e. The van der Waals surface area contributed by atoms with E-state index in [2.05, 4.69) is 22.4 Å². The van der Waals surface area contributed by atoms with E-state index in [4.69, 9.17) is 0 Å². The third-order valence-corrected chi connectivity index (χ3v) is 5.85. The first-order valence-electron chi connectivity index (χ1n) is 8.81. The summed E-state index contributed by atoms with van der Waals surface area (Å²) in [5.74, 6) is 0.0250. The molecule has 0 bridgehead atoms. The van der Waals surface area contributed by atoms with E-state index in [9.17, 15) is 18.0 Å². The minimum atomic E-state index is -4.38. The van der Waals surface area contributed by atoms with E-state index in [1.54, 1.807) is 6.07 Å². The number of nitrogens with zero attached hydrogens (tertiary/aromatic N) is 2. The molecule has 27 heavy (non-hydrogen) atoms. The second-order valence-corrected chi connectivity index (χ2v) is 8.23. The maximum absolute atomic E-state index is 13.0. The van der Waals surface area contributed by atoms with Crippen molar-refractivity contribution in [3.05, 3.63) is 35.4 Å². The lowest BCUT2D eigenvalue weighted by Gasteiger charge is -2.11. The quantitative estimate of drug-likeness (QED) is 0.286. The van der Waals surface area contributed by atoms with Crippen LogP contribution >= 0.6 is 23.1 Å². The molecule has 0 aliphatic carbocycles. The predicted octanol–water partition coefficient (Wildman–Crippen LogP) is 6.15. The standard InChI is InChI=1S/C18H22F3N3OS2/c1-2-3-4-5-6-11-15(25)22-16-23-24-17(27-16)26-12-13-9-7-8-10-14(13)18(19,20)21/h7-10H,2-6,11-12H2,1H3,(H,22,23,25). The van der Waals surface area contributed by atoms with Crippen LogP contribution in [0.3, 0.4) is 0 Å². The third-order valence-electron chi connectivity index (χ3n) is 3.83. The van der Waals surface area contributed by atoms with E-state index in [0.717, 1.165) is 31.7 Å². The Labute approximate surface area is 165 Å². The van der Waals surface area contributed by atoms with Crippen LogP contribution in [0, 0.1) is 0 Å². The van der Waals surface area contributed by atoms with Crippen molar-refractivity contribution < 1.29 is 18.0 Å². The van der Waals surface area contributed by atoms with E-state index < -0.39 is 11.7 Å². The second kappa shape index (κ2) is 10.7. The van der Waals surface area contributed by atoms with E-state index in [-0.39, 0.29) is 17.2 Å². The normalized spacial score (nSPS) is 11.6. The Morgan fingerprint density at radius 3 is 2.63 bits per heavy atom. The second-order valence-electron chi connectivity index (χ2n) is 6.03. The average Bonchev–Trinajstić information content (AvgIpc) is 3.06. The lowest BCUT2D eigenvalue weighted by molar-refractivity contribution is -0.138. The van der Waals surface area contributed by atoms with Crippen LogP contribution in [0.25, 0.3) is 0 Å². The molecule has 2 aromatic rings. The maximum atomic E-state index is 13.0. The molecule has 2 rings (SSSR count). The molecule has 9 heteroatoms. The van der Waals surface area contributed by atoms with Crippen molar-refractivity contribution in [1.29, 1.82) is 0 Å². The molecule has 0 unspecified atom stereocenters. The molecule has 0 aliphatic rings. The van der Waals surface area contributed by atoms with Gasteiger partial charge in [0.05, 0.1) is 5.56 Å². The minimum Gasteiger partial charge on any atom is -0.301 e. The fourth-order valence-corrected chi connectivity index (χ4v) is 4.22. The van der Waals surface area contributed by atoms with Crippen LogP contribution in [-0.2, 0) is 16.7 Å². The lowest BCUT2D eigenvalue weighted by Crippen LogP contribution is -2.10. The monoisotopic (exact) mass is 417 g/mol. The number of hydrogen-bond donors (Lipinski definition) is 1. The van der Waals surface area contributed by atoms with Gasteiger partial charge < -0.3 is 5.32 Å². The highest BCUT2D eigenvalue weighted by atomic mass is 32.2. The van der Waals surface area contributed by atoms with Gasteiger partial charge >= 0.3 is 6.18 Å². The molecule has 0 aliphatic heterocycles. The Morgan fingerprint density at radius 1 is 1.15 bits per heavy atom. The molecule has 1 aromatic heterocycles. The Kier molecular flexibility index (Phi) is 8.56. The average molecular weight is 418 g/mol. The molecule has 1 heterocycles. The zero-order valence-corrected chi connectivity index (χ0v) is 16.6. The molecular formula is C18H22F3N3OS2. The van der Waals surface area contributed by atoms with Gasteiger partial charge in [-0.05, 0) is 18.1 Å². The first-order chi connectivity index (χ1) is 12.9. The topological polar surface area (TPSA) is 54.9 Å². The summed E-state index contributed by atoms with van der Waals surface area (Å²) in [4.78, 5) is 11.9. The fraction of sp³-hybridized carbons (Fsp3) is 0.500. The molecule has 0 spiro atoms. The summed E-state index contributed by atoms with van der Waals surface area (Å²) < 4.78 is 39.5. The van der Waals surface area contributed by atoms with E-state index in [1.165, 1.54) is 41.7 Å². The van der Waals surface area contributed by atoms with Crippen LogP contribution in [0.2, 0.25) is 0 Å². The van der Waals surface area contributed by atoms with Gasteiger partial charge in [0.15, 0.2) is 4.34 Å². The van der Waals surface area contributed by atoms with E-state index >= 15 is 0 Å². The van der Waals surface area contributed by atoms with Crippen molar-refractivity contribution in [2.45, 2.75) is 61.7 Å². The van der Waals surface area contributed by atoms with E-state index in [1.807, 2.05) is 0 Å². The van der Waals surface area contributed by atoms with Gasteiger partial charge in [-0.3, -0.25) is 4.79 Å². The van der Waals surface area contributed by atoms with Crippen molar-refractivity contribution in [1.82, 2.24) is 10.2 Å². The molecular weight excluding hydrogens is 395 g/mol. The molecule has 0 saturated heterocycles. The summed E-state index contributed by atoms with van der Waals surface area (Å²) in [7, 11) is 0. The third kappa shape index (κ3) is 7.50. The predicted molar refractivity (Wildman–Crippen MR) is 103 cm³/mol. The zero-order chi connectivity index (χ0) is 19.7. The minimum absolute atomic E-state index is 0.110. The van der Waals surface area contributed by atoms with Crippen LogP contribution in [0.5, 0.6) is 0 Å². The fourth-order valence-electron chi connectivity index (χ4n) is 2.45. The van der Waals surface area contributed by atoms with Gasteiger partial charge in [0.25, 0.3) is 0 Å². The van der Waals surface area contributed by atoms with Crippen molar-refractivity contribution in [2.24, 2.45) is 0 Å². The van der Waals surface area contributed by atoms with Crippen molar-refractivity contribution in [2.75, 3.05) is 5.32 Å². The number of rotatable bonds is 10. The summed E-state index contributed by atoms with van der Waals surface area (Å²) in [6.07, 6.45) is 1.38. The van der Waals surface area contributed by atoms with Crippen LogP contribution in [0.1, 0.15) is 56.6 Å². The molecule has 1 N–H and O–H groups in total. The number of halogens is 3. The Morgan fingerprint density at radius 2 is 1.89 bits per heavy atom. The van der Waals surface area contributed by atoms with Gasteiger partial charge in [-0.25, -0.2) is 0 Å². The van der Waals surface area contributed by atoms with Gasteiger partial charge in [-0.2, -0.15) is 13.2 Å².